The van der Waals surface area contributed by atoms with Gasteiger partial charge in [0.25, 0.3) is 11.2 Å². The van der Waals surface area contributed by atoms with Gasteiger partial charge in [-0.1, -0.05) is 53.8 Å². The Morgan fingerprint density at radius 2 is 1.74 bits per heavy atom. The summed E-state index contributed by atoms with van der Waals surface area (Å²) in [5, 5.41) is 15.3. The van der Waals surface area contributed by atoms with Crippen LogP contribution in [0.4, 0.5) is 5.69 Å². The fourth-order valence-corrected chi connectivity index (χ4v) is 3.50. The molecule has 0 unspecified atom stereocenters. The normalized spacial score (nSPS) is 11.8. The third-order valence-corrected chi connectivity index (χ3v) is 4.81. The van der Waals surface area contributed by atoms with Gasteiger partial charge in [-0.3, -0.25) is 19.7 Å². The van der Waals surface area contributed by atoms with Crippen LogP contribution in [0.25, 0.3) is 22.3 Å². The van der Waals surface area contributed by atoms with Gasteiger partial charge < -0.3 is 0 Å². The van der Waals surface area contributed by atoms with Gasteiger partial charge in [-0.2, -0.15) is 14.6 Å². The lowest BCUT2D eigenvalue weighted by atomic mass is 10.2. The standard InChI is InChI=1S/C18H10N4O4S/c23-16-15(11-6-2-1-3-7-11)20-21-17(24)14(27-18(21)19-16)10-12-8-4-5-9-13(12)22(25)26/h1-10H. The zero-order valence-electron chi connectivity index (χ0n) is 13.6. The van der Waals surface area contributed by atoms with Crippen LogP contribution in [0, 0.1) is 10.1 Å². The molecule has 0 radical (unpaired) electrons. The first-order chi connectivity index (χ1) is 13.0. The zero-order chi connectivity index (χ0) is 19.0. The summed E-state index contributed by atoms with van der Waals surface area (Å²) in [6, 6.07) is 14.8. The molecule has 27 heavy (non-hydrogen) atoms. The van der Waals surface area contributed by atoms with Crippen LogP contribution in [-0.2, 0) is 0 Å². The molecule has 2 aromatic carbocycles. The van der Waals surface area contributed by atoms with Crippen molar-refractivity contribution in [3.8, 4) is 11.3 Å². The van der Waals surface area contributed by atoms with Crippen molar-refractivity contribution in [2.45, 2.75) is 0 Å². The van der Waals surface area contributed by atoms with Crippen LogP contribution in [0.3, 0.4) is 0 Å². The van der Waals surface area contributed by atoms with Gasteiger partial charge in [0.15, 0.2) is 5.69 Å². The first-order valence-corrected chi connectivity index (χ1v) is 8.61. The smallest absolute Gasteiger partial charge is 0.266 e. The van der Waals surface area contributed by atoms with Crippen LogP contribution in [0.5, 0.6) is 0 Å². The summed E-state index contributed by atoms with van der Waals surface area (Å²) in [5.41, 5.74) is -0.232. The van der Waals surface area contributed by atoms with Crippen molar-refractivity contribution in [1.82, 2.24) is 14.6 Å². The molecule has 0 aliphatic rings. The topological polar surface area (TPSA) is 107 Å². The van der Waals surface area contributed by atoms with E-state index in [1.165, 1.54) is 12.1 Å². The quantitative estimate of drug-likeness (QED) is 0.396. The van der Waals surface area contributed by atoms with E-state index in [-0.39, 0.29) is 26.4 Å². The van der Waals surface area contributed by atoms with E-state index < -0.39 is 16.0 Å². The molecule has 0 aliphatic heterocycles. The number of nitro groups is 1. The molecule has 0 atom stereocenters. The summed E-state index contributed by atoms with van der Waals surface area (Å²) in [4.78, 5) is 39.7. The van der Waals surface area contributed by atoms with Crippen molar-refractivity contribution < 1.29 is 4.92 Å². The molecule has 0 spiro atoms. The minimum atomic E-state index is -0.542. The van der Waals surface area contributed by atoms with Gasteiger partial charge >= 0.3 is 5.56 Å². The maximum absolute atomic E-state index is 12.7. The molecule has 4 aromatic rings. The van der Waals surface area contributed by atoms with Gasteiger partial charge in [0.2, 0.25) is 4.96 Å². The van der Waals surface area contributed by atoms with Gasteiger partial charge in [0.1, 0.15) is 0 Å². The number of para-hydroxylation sites is 1. The third kappa shape index (κ3) is 3.00. The minimum Gasteiger partial charge on any atom is -0.266 e. The molecule has 0 fully saturated rings. The average molecular weight is 378 g/mol. The van der Waals surface area contributed by atoms with E-state index in [4.69, 9.17) is 0 Å². The highest BCUT2D eigenvalue weighted by atomic mass is 32.1. The number of aromatic nitrogens is 3. The van der Waals surface area contributed by atoms with E-state index in [2.05, 4.69) is 10.1 Å². The number of thiazole rings is 1. The summed E-state index contributed by atoms with van der Waals surface area (Å²) < 4.78 is 1.25. The zero-order valence-corrected chi connectivity index (χ0v) is 14.4. The number of fused-ring (bicyclic) bond motifs is 1. The number of hydrogen-bond donors (Lipinski definition) is 0. The van der Waals surface area contributed by atoms with Crippen LogP contribution >= 0.6 is 11.3 Å². The van der Waals surface area contributed by atoms with Crippen molar-refractivity contribution in [1.29, 1.82) is 0 Å². The predicted octanol–water partition coefficient (Wildman–Crippen LogP) is 1.63. The second-order valence-electron chi connectivity index (χ2n) is 5.56. The van der Waals surface area contributed by atoms with Crippen molar-refractivity contribution in [2.75, 3.05) is 0 Å². The minimum absolute atomic E-state index is 0.0697. The van der Waals surface area contributed by atoms with E-state index in [0.29, 0.717) is 5.56 Å². The van der Waals surface area contributed by atoms with Crippen molar-refractivity contribution >= 4 is 28.1 Å². The second-order valence-corrected chi connectivity index (χ2v) is 6.57. The molecular formula is C18H10N4O4S. The molecule has 8 nitrogen and oxygen atoms in total. The molecule has 0 saturated carbocycles. The van der Waals surface area contributed by atoms with Gasteiger partial charge in [-0.25, -0.2) is 0 Å². The van der Waals surface area contributed by atoms with E-state index in [1.54, 1.807) is 48.5 Å². The molecule has 2 heterocycles. The second kappa shape index (κ2) is 6.54. The lowest BCUT2D eigenvalue weighted by Gasteiger charge is -1.98. The molecule has 2 aromatic heterocycles. The molecule has 0 saturated heterocycles. The number of nitro benzene ring substituents is 1. The number of benzene rings is 2. The van der Waals surface area contributed by atoms with E-state index in [0.717, 1.165) is 15.9 Å². The van der Waals surface area contributed by atoms with E-state index in [9.17, 15) is 19.7 Å². The Morgan fingerprint density at radius 1 is 1.04 bits per heavy atom. The largest absolute Gasteiger partial charge is 0.300 e. The molecule has 0 amide bonds. The summed E-state index contributed by atoms with van der Waals surface area (Å²) in [5.74, 6) is 0. The first kappa shape index (κ1) is 16.7. The van der Waals surface area contributed by atoms with Gasteiger partial charge in [-0.15, -0.1) is 0 Å². The van der Waals surface area contributed by atoms with Crippen molar-refractivity contribution in [3.05, 3.63) is 95.5 Å². The monoisotopic (exact) mass is 378 g/mol. The highest BCUT2D eigenvalue weighted by Gasteiger charge is 2.14. The summed E-state index contributed by atoms with van der Waals surface area (Å²) in [7, 11) is 0. The fourth-order valence-electron chi connectivity index (χ4n) is 2.60. The summed E-state index contributed by atoms with van der Waals surface area (Å²) in [6.45, 7) is 0. The number of rotatable bonds is 3. The maximum atomic E-state index is 12.7. The molecule has 4 rings (SSSR count). The predicted molar refractivity (Wildman–Crippen MR) is 101 cm³/mol. The Labute approximate surface area is 154 Å². The van der Waals surface area contributed by atoms with Crippen LogP contribution in [0.15, 0.2) is 64.2 Å². The van der Waals surface area contributed by atoms with Gasteiger partial charge in [0.05, 0.1) is 15.0 Å². The molecule has 0 aliphatic carbocycles. The van der Waals surface area contributed by atoms with Crippen LogP contribution in [0.1, 0.15) is 5.56 Å². The Bertz CT molecular complexity index is 1350. The van der Waals surface area contributed by atoms with Crippen LogP contribution < -0.4 is 15.7 Å². The lowest BCUT2D eigenvalue weighted by Crippen LogP contribution is -2.26. The third-order valence-electron chi connectivity index (χ3n) is 3.85. The summed E-state index contributed by atoms with van der Waals surface area (Å²) >= 11 is 0.956. The van der Waals surface area contributed by atoms with Crippen LogP contribution in [-0.4, -0.2) is 19.5 Å². The Hall–Kier alpha value is -3.72. The Kier molecular flexibility index (Phi) is 4.05. The summed E-state index contributed by atoms with van der Waals surface area (Å²) in [6.07, 6.45) is 1.41. The highest BCUT2D eigenvalue weighted by Crippen LogP contribution is 2.18. The van der Waals surface area contributed by atoms with Gasteiger partial charge in [-0.05, 0) is 12.1 Å². The molecular weight excluding hydrogens is 368 g/mol. The maximum Gasteiger partial charge on any atom is 0.300 e. The number of nitrogens with zero attached hydrogens (tertiary/aromatic N) is 4. The fraction of sp³-hybridized carbons (Fsp3) is 0. The molecule has 0 N–H and O–H groups in total. The first-order valence-electron chi connectivity index (χ1n) is 7.79. The van der Waals surface area contributed by atoms with E-state index in [1.807, 2.05) is 0 Å². The average Bonchev–Trinajstić information content (AvgIpc) is 2.96. The lowest BCUT2D eigenvalue weighted by molar-refractivity contribution is -0.385. The molecule has 9 heteroatoms. The Morgan fingerprint density at radius 3 is 2.48 bits per heavy atom. The van der Waals surface area contributed by atoms with Gasteiger partial charge in [0, 0.05) is 11.6 Å². The number of hydrogen-bond acceptors (Lipinski definition) is 7. The van der Waals surface area contributed by atoms with E-state index >= 15 is 0 Å². The molecule has 0 bridgehead atoms. The highest BCUT2D eigenvalue weighted by molar-refractivity contribution is 7.15. The molecule has 132 valence electrons. The van der Waals surface area contributed by atoms with Crippen molar-refractivity contribution in [3.63, 3.8) is 0 Å². The van der Waals surface area contributed by atoms with Crippen molar-refractivity contribution in [2.24, 2.45) is 0 Å². The SMILES string of the molecule is O=c1nc2sc(=Cc3ccccc3[N+](=O)[O-])c(=O)n2nc1-c1ccccc1. The van der Waals surface area contributed by atoms with Crippen LogP contribution in [0.2, 0.25) is 0 Å². The Balaban J connectivity index is 1.96.